The minimum Gasteiger partial charge on any atom is -0.507 e. The molecule has 4 N–H and O–H groups in total. The van der Waals surface area contributed by atoms with Crippen LogP contribution in [-0.4, -0.2) is 42.1 Å². The van der Waals surface area contributed by atoms with E-state index in [1.165, 1.54) is 26.4 Å². The van der Waals surface area contributed by atoms with Gasteiger partial charge in [-0.25, -0.2) is 0 Å². The number of carboxylic acid groups (broad SMARTS) is 1. The van der Waals surface area contributed by atoms with Crippen molar-refractivity contribution in [3.63, 3.8) is 0 Å². The Balaban J connectivity index is 2.23. The lowest BCUT2D eigenvalue weighted by Gasteiger charge is -2.13. The number of hydrogen-bond donors (Lipinski definition) is 4. The Bertz CT molecular complexity index is 1140. The number of hydrogen-bond acceptors (Lipinski definition) is 8. The third-order valence-electron chi connectivity index (χ3n) is 4.35. The van der Waals surface area contributed by atoms with Gasteiger partial charge in [-0.2, -0.15) is 0 Å². The molecular weight excluding hydrogens is 382 g/mol. The Morgan fingerprint density at radius 3 is 2.55 bits per heavy atom. The lowest BCUT2D eigenvalue weighted by atomic mass is 10.1. The highest BCUT2D eigenvalue weighted by molar-refractivity contribution is 5.87. The van der Waals surface area contributed by atoms with Gasteiger partial charge in [-0.05, 0) is 24.3 Å². The molecule has 0 fully saturated rings. The molecule has 2 aromatic carbocycles. The molecule has 0 saturated heterocycles. The summed E-state index contributed by atoms with van der Waals surface area (Å²) in [6, 6.07) is 7.35. The van der Waals surface area contributed by atoms with Crippen LogP contribution in [0, 0.1) is 0 Å². The third-order valence-corrected chi connectivity index (χ3v) is 4.35. The van der Waals surface area contributed by atoms with Crippen LogP contribution in [0.5, 0.6) is 23.0 Å². The Morgan fingerprint density at radius 2 is 1.90 bits per heavy atom. The Hall–Kier alpha value is -3.72. The van der Waals surface area contributed by atoms with Crippen molar-refractivity contribution in [3.8, 4) is 34.3 Å². The second-order valence-corrected chi connectivity index (χ2v) is 6.11. The minimum absolute atomic E-state index is 0.0264. The Kier molecular flexibility index (Phi) is 5.60. The van der Waals surface area contributed by atoms with Crippen LogP contribution in [0.25, 0.3) is 22.3 Å². The van der Waals surface area contributed by atoms with Crippen LogP contribution < -0.4 is 20.2 Å². The number of benzene rings is 2. The number of carboxylic acids is 1. The van der Waals surface area contributed by atoms with Gasteiger partial charge in [0.15, 0.2) is 5.76 Å². The van der Waals surface area contributed by atoms with E-state index < -0.39 is 17.1 Å². The van der Waals surface area contributed by atoms with Crippen LogP contribution in [0.3, 0.4) is 0 Å². The van der Waals surface area contributed by atoms with Crippen LogP contribution >= 0.6 is 0 Å². The van der Waals surface area contributed by atoms with Gasteiger partial charge in [0.05, 0.1) is 37.3 Å². The van der Waals surface area contributed by atoms with Gasteiger partial charge in [0.1, 0.15) is 22.8 Å². The van der Waals surface area contributed by atoms with E-state index in [0.717, 1.165) is 0 Å². The molecule has 0 unspecified atom stereocenters. The van der Waals surface area contributed by atoms with E-state index in [1.807, 2.05) is 0 Å². The van der Waals surface area contributed by atoms with E-state index in [0.29, 0.717) is 17.1 Å². The fourth-order valence-electron chi connectivity index (χ4n) is 2.93. The quantitative estimate of drug-likeness (QED) is 0.468. The second kappa shape index (κ2) is 8.11. The van der Waals surface area contributed by atoms with Gasteiger partial charge in [0.2, 0.25) is 11.2 Å². The van der Waals surface area contributed by atoms with Gasteiger partial charge in [-0.1, -0.05) is 0 Å². The number of carbonyl (C=O) groups is 1. The third kappa shape index (κ3) is 3.81. The van der Waals surface area contributed by atoms with Crippen molar-refractivity contribution in [2.45, 2.75) is 6.54 Å². The highest BCUT2D eigenvalue weighted by atomic mass is 16.5. The van der Waals surface area contributed by atoms with Gasteiger partial charge in [0.25, 0.3) is 0 Å². The summed E-state index contributed by atoms with van der Waals surface area (Å²) in [6.07, 6.45) is 0. The van der Waals surface area contributed by atoms with E-state index in [9.17, 15) is 19.8 Å². The lowest BCUT2D eigenvalue weighted by Crippen LogP contribution is -2.22. The number of phenols is 1. The average Bonchev–Trinajstić information content (AvgIpc) is 2.71. The summed E-state index contributed by atoms with van der Waals surface area (Å²) in [5.74, 6) is -1.22. The highest BCUT2D eigenvalue weighted by Gasteiger charge is 2.22. The molecule has 29 heavy (non-hydrogen) atoms. The van der Waals surface area contributed by atoms with Gasteiger partial charge >= 0.3 is 5.97 Å². The molecule has 9 heteroatoms. The first-order chi connectivity index (χ1) is 13.9. The van der Waals surface area contributed by atoms with Gasteiger partial charge in [0, 0.05) is 12.6 Å². The van der Waals surface area contributed by atoms with Crippen molar-refractivity contribution in [1.29, 1.82) is 0 Å². The molecule has 0 spiro atoms. The molecule has 9 nitrogen and oxygen atoms in total. The number of rotatable bonds is 7. The molecule has 0 saturated carbocycles. The summed E-state index contributed by atoms with van der Waals surface area (Å²) in [5, 5.41) is 32.1. The molecule has 1 heterocycles. The molecule has 152 valence electrons. The second-order valence-electron chi connectivity index (χ2n) is 6.11. The number of aliphatic carboxylic acids is 1. The van der Waals surface area contributed by atoms with Gasteiger partial charge in [-0.15, -0.1) is 0 Å². The predicted molar refractivity (Wildman–Crippen MR) is 104 cm³/mol. The summed E-state index contributed by atoms with van der Waals surface area (Å²) in [7, 11) is 2.91. The van der Waals surface area contributed by atoms with Crippen LogP contribution in [0.1, 0.15) is 5.56 Å². The van der Waals surface area contributed by atoms with E-state index in [-0.39, 0.29) is 41.1 Å². The van der Waals surface area contributed by atoms with E-state index in [2.05, 4.69) is 5.32 Å². The summed E-state index contributed by atoms with van der Waals surface area (Å²) in [5.41, 5.74) is -0.177. The fourth-order valence-corrected chi connectivity index (χ4v) is 2.93. The summed E-state index contributed by atoms with van der Waals surface area (Å²) in [6.45, 7) is -0.417. The molecule has 0 atom stereocenters. The topological polar surface area (TPSA) is 138 Å². The first-order valence-electron chi connectivity index (χ1n) is 8.52. The van der Waals surface area contributed by atoms with Gasteiger partial charge in [-0.3, -0.25) is 9.59 Å². The van der Waals surface area contributed by atoms with Crippen LogP contribution in [0.15, 0.2) is 39.5 Å². The zero-order valence-electron chi connectivity index (χ0n) is 15.7. The molecule has 0 radical (unpaired) electrons. The Morgan fingerprint density at radius 1 is 1.14 bits per heavy atom. The fraction of sp³-hybridized carbons (Fsp3) is 0.200. The van der Waals surface area contributed by atoms with Crippen LogP contribution in [0.4, 0.5) is 0 Å². The summed E-state index contributed by atoms with van der Waals surface area (Å²) in [4.78, 5) is 23.5. The molecule has 1 aromatic heterocycles. The number of fused-ring (bicyclic) bond motifs is 1. The standard InChI is InChI=1S/C20H19NO8/c1-27-10-3-4-11(15(7-10)28-2)20-18(26)17(25)12-5-6-14(22)13(19(12)29-20)8-21-9-16(23)24/h3-7,21-22,26H,8-9H2,1-2H3,(H,23,24). The summed E-state index contributed by atoms with van der Waals surface area (Å²) < 4.78 is 16.3. The number of aromatic hydroxyl groups is 2. The molecule has 3 rings (SSSR count). The SMILES string of the molecule is COc1ccc(-c2oc3c(CNCC(=O)O)c(O)ccc3c(=O)c2O)c(OC)c1. The molecule has 0 amide bonds. The lowest BCUT2D eigenvalue weighted by molar-refractivity contribution is -0.136. The zero-order valence-corrected chi connectivity index (χ0v) is 15.7. The molecule has 0 aliphatic carbocycles. The minimum atomic E-state index is -1.08. The molecule has 0 bridgehead atoms. The first-order valence-corrected chi connectivity index (χ1v) is 8.52. The predicted octanol–water partition coefficient (Wildman–Crippen LogP) is 2.06. The zero-order chi connectivity index (χ0) is 21.1. The maximum atomic E-state index is 12.7. The maximum absolute atomic E-state index is 12.7. The molecule has 0 aliphatic rings. The maximum Gasteiger partial charge on any atom is 0.317 e. The van der Waals surface area contributed by atoms with Crippen molar-refractivity contribution in [2.75, 3.05) is 20.8 Å². The number of ether oxygens (including phenoxy) is 2. The van der Waals surface area contributed by atoms with E-state index >= 15 is 0 Å². The van der Waals surface area contributed by atoms with Crippen molar-refractivity contribution in [1.82, 2.24) is 5.32 Å². The van der Waals surface area contributed by atoms with Crippen molar-refractivity contribution >= 4 is 16.9 Å². The van der Waals surface area contributed by atoms with Crippen LogP contribution in [0.2, 0.25) is 0 Å². The van der Waals surface area contributed by atoms with Gasteiger partial charge < -0.3 is 34.5 Å². The highest BCUT2D eigenvalue weighted by Crippen LogP contribution is 2.39. The van der Waals surface area contributed by atoms with E-state index in [4.69, 9.17) is 19.0 Å². The first kappa shape index (κ1) is 20.0. The molecule has 0 aliphatic heterocycles. The van der Waals surface area contributed by atoms with Crippen molar-refractivity contribution in [3.05, 3.63) is 46.1 Å². The number of phenolic OH excluding ortho intramolecular Hbond substituents is 1. The normalized spacial score (nSPS) is 10.8. The average molecular weight is 401 g/mol. The largest absolute Gasteiger partial charge is 0.507 e. The van der Waals surface area contributed by atoms with Crippen molar-refractivity contribution < 1.29 is 34.0 Å². The van der Waals surface area contributed by atoms with E-state index in [1.54, 1.807) is 18.2 Å². The monoisotopic (exact) mass is 401 g/mol. The molecular formula is C20H19NO8. The summed E-state index contributed by atoms with van der Waals surface area (Å²) >= 11 is 0. The number of methoxy groups -OCH3 is 2. The Labute approximate surface area is 164 Å². The number of nitrogens with one attached hydrogen (secondary N) is 1. The van der Waals surface area contributed by atoms with Crippen molar-refractivity contribution in [2.24, 2.45) is 0 Å². The molecule has 3 aromatic rings. The van der Waals surface area contributed by atoms with Crippen LogP contribution in [-0.2, 0) is 11.3 Å². The smallest absolute Gasteiger partial charge is 0.317 e.